The lowest BCUT2D eigenvalue weighted by molar-refractivity contribution is -0.137. The van der Waals surface area contributed by atoms with Crippen LogP contribution in [-0.4, -0.2) is 26.3 Å². The zero-order valence-corrected chi connectivity index (χ0v) is 23.1. The number of carbonyl (C=O) groups is 2. The van der Waals surface area contributed by atoms with E-state index in [-0.39, 0.29) is 29.2 Å². The number of nitrogens with two attached hydrogens (primary N) is 1. The molecule has 9 heteroatoms. The minimum atomic E-state index is -4.59. The highest BCUT2D eigenvalue weighted by molar-refractivity contribution is 6.12. The van der Waals surface area contributed by atoms with Crippen molar-refractivity contribution in [3.63, 3.8) is 0 Å². The summed E-state index contributed by atoms with van der Waals surface area (Å²) in [6.45, 7) is 8.16. The first-order chi connectivity index (χ1) is 18.7. The Hall–Kier alpha value is -4.13. The number of hydrogen-bond donors (Lipinski definition) is 3. The Morgan fingerprint density at radius 1 is 0.923 bits per heavy atom. The van der Waals surface area contributed by atoms with Crippen molar-refractivity contribution in [2.75, 3.05) is 24.9 Å². The van der Waals surface area contributed by atoms with Crippen LogP contribution in [0.2, 0.25) is 0 Å². The summed E-state index contributed by atoms with van der Waals surface area (Å²) in [6, 6.07) is 14.3. The van der Waals surface area contributed by atoms with Crippen LogP contribution in [0.3, 0.4) is 0 Å². The summed E-state index contributed by atoms with van der Waals surface area (Å²) in [6.07, 6.45) is 1.30. The van der Waals surface area contributed by atoms with Gasteiger partial charge < -0.3 is 21.1 Å². The first-order valence-corrected chi connectivity index (χ1v) is 12.2. The third kappa shape index (κ3) is 10.6. The van der Waals surface area contributed by atoms with Gasteiger partial charge in [0, 0.05) is 32.0 Å². The molecule has 0 spiro atoms. The molecule has 4 N–H and O–H groups in total. The molecule has 0 fully saturated rings. The summed E-state index contributed by atoms with van der Waals surface area (Å²) >= 11 is 0. The summed E-state index contributed by atoms with van der Waals surface area (Å²) in [5.74, 6) is 1.37. The summed E-state index contributed by atoms with van der Waals surface area (Å²) in [5.41, 5.74) is 6.72. The minimum Gasteiger partial charge on any atom is -0.388 e. The summed E-state index contributed by atoms with van der Waals surface area (Å²) in [4.78, 5) is 23.5. The van der Waals surface area contributed by atoms with E-state index < -0.39 is 17.5 Å². The predicted molar refractivity (Wildman–Crippen MR) is 153 cm³/mol. The molecule has 210 valence electrons. The number of ketones is 1. The number of rotatable bonds is 7. The highest BCUT2D eigenvalue weighted by Crippen LogP contribution is 2.37. The van der Waals surface area contributed by atoms with Crippen molar-refractivity contribution >= 4 is 34.8 Å². The van der Waals surface area contributed by atoms with E-state index in [0.717, 1.165) is 12.1 Å². The van der Waals surface area contributed by atoms with Crippen molar-refractivity contribution in [2.24, 2.45) is 5.73 Å². The van der Waals surface area contributed by atoms with Crippen LogP contribution in [0.4, 0.5) is 35.9 Å². The second kappa shape index (κ2) is 18.2. The van der Waals surface area contributed by atoms with Crippen molar-refractivity contribution in [3.05, 3.63) is 82.9 Å². The van der Waals surface area contributed by atoms with Crippen LogP contribution >= 0.6 is 0 Å². The van der Waals surface area contributed by atoms with Gasteiger partial charge in [-0.1, -0.05) is 45.9 Å². The second-order valence-corrected chi connectivity index (χ2v) is 7.18. The molecule has 0 heterocycles. The van der Waals surface area contributed by atoms with E-state index in [1.165, 1.54) is 18.2 Å². The van der Waals surface area contributed by atoms with E-state index >= 15 is 0 Å². The van der Waals surface area contributed by atoms with Crippen LogP contribution in [0.25, 0.3) is 0 Å². The van der Waals surface area contributed by atoms with Crippen molar-refractivity contribution < 1.29 is 27.5 Å². The monoisotopic (exact) mass is 543 g/mol. The van der Waals surface area contributed by atoms with Gasteiger partial charge in [0.2, 0.25) is 5.78 Å². The molecule has 3 aromatic carbocycles. The van der Waals surface area contributed by atoms with Crippen molar-refractivity contribution in [1.29, 1.82) is 0 Å². The third-order valence-electron chi connectivity index (χ3n) is 4.67. The number of terminal acetylenes is 1. The van der Waals surface area contributed by atoms with E-state index in [2.05, 4.69) is 15.4 Å². The Morgan fingerprint density at radius 2 is 1.49 bits per heavy atom. The maximum atomic E-state index is 13.4. The van der Waals surface area contributed by atoms with Crippen LogP contribution in [0, 0.1) is 12.3 Å². The van der Waals surface area contributed by atoms with Gasteiger partial charge >= 0.3 is 6.18 Å². The van der Waals surface area contributed by atoms with Crippen molar-refractivity contribution in [3.8, 4) is 12.3 Å². The molecule has 3 rings (SSSR count). The van der Waals surface area contributed by atoms with Crippen LogP contribution in [0.5, 0.6) is 0 Å². The van der Waals surface area contributed by atoms with Gasteiger partial charge in [0.1, 0.15) is 0 Å². The molecule has 0 aliphatic rings. The number of ether oxygens (including phenoxy) is 1. The zero-order chi connectivity index (χ0) is 30.0. The third-order valence-corrected chi connectivity index (χ3v) is 4.67. The quantitative estimate of drug-likeness (QED) is 0.123. The Balaban J connectivity index is 0.00000189. The van der Waals surface area contributed by atoms with Gasteiger partial charge in [-0.25, -0.2) is 0 Å². The number of halogens is 3. The number of benzene rings is 3. The molecule has 0 aliphatic heterocycles. The van der Waals surface area contributed by atoms with Crippen LogP contribution in [0.15, 0.2) is 60.7 Å². The maximum absolute atomic E-state index is 13.4. The van der Waals surface area contributed by atoms with Crippen LogP contribution < -0.4 is 16.4 Å². The average molecular weight is 544 g/mol. The van der Waals surface area contributed by atoms with Gasteiger partial charge in [0.15, 0.2) is 6.29 Å². The number of methoxy groups -OCH3 is 1. The SMILES string of the molecule is C#CC(=O)c1cc(CN)ccc1Nc1cc(C(F)(F)F)ccc1Nc1ccccc1C=O.CC.CC.COC. The number of Topliss-reactive ketones (excluding diaryl/α,β-unsaturated/α-hetero) is 1. The number of anilines is 4. The van der Waals surface area contributed by atoms with Gasteiger partial charge in [-0.3, -0.25) is 9.59 Å². The lowest BCUT2D eigenvalue weighted by Gasteiger charge is -2.19. The minimum absolute atomic E-state index is 0.0343. The Kier molecular flexibility index (Phi) is 16.3. The fourth-order valence-electron chi connectivity index (χ4n) is 3.03. The van der Waals surface area contributed by atoms with Crippen LogP contribution in [-0.2, 0) is 17.5 Å². The Bertz CT molecular complexity index is 1240. The largest absolute Gasteiger partial charge is 0.416 e. The fourth-order valence-corrected chi connectivity index (χ4v) is 3.03. The summed E-state index contributed by atoms with van der Waals surface area (Å²) < 4.78 is 44.3. The lowest BCUT2D eigenvalue weighted by Crippen LogP contribution is -2.09. The predicted octanol–water partition coefficient (Wildman–Crippen LogP) is 7.59. The smallest absolute Gasteiger partial charge is 0.388 e. The van der Waals surface area contributed by atoms with E-state index in [0.29, 0.717) is 23.1 Å². The molecule has 0 aliphatic carbocycles. The molecule has 0 saturated carbocycles. The molecule has 0 unspecified atom stereocenters. The highest BCUT2D eigenvalue weighted by atomic mass is 19.4. The summed E-state index contributed by atoms with van der Waals surface area (Å²) in [5, 5.41) is 5.84. The molecule has 0 bridgehead atoms. The number of para-hydroxylation sites is 1. The van der Waals surface area contributed by atoms with E-state index in [1.807, 2.05) is 33.6 Å². The molecule has 0 atom stereocenters. The van der Waals surface area contributed by atoms with Gasteiger partial charge in [0.25, 0.3) is 0 Å². The highest BCUT2D eigenvalue weighted by Gasteiger charge is 2.31. The van der Waals surface area contributed by atoms with Gasteiger partial charge in [0.05, 0.1) is 28.2 Å². The number of carbonyl (C=O) groups excluding carboxylic acids is 2. The van der Waals surface area contributed by atoms with Gasteiger partial charge in [-0.15, -0.1) is 6.42 Å². The molecule has 3 aromatic rings. The molecule has 6 nitrogen and oxygen atoms in total. The second-order valence-electron chi connectivity index (χ2n) is 7.18. The molecule has 0 amide bonds. The van der Waals surface area contributed by atoms with Crippen molar-refractivity contribution in [1.82, 2.24) is 0 Å². The molecule has 39 heavy (non-hydrogen) atoms. The first-order valence-electron chi connectivity index (χ1n) is 12.2. The summed E-state index contributed by atoms with van der Waals surface area (Å²) in [7, 11) is 3.25. The normalized spacial score (nSPS) is 9.67. The number of alkyl halides is 3. The molecule has 0 saturated heterocycles. The molecular formula is C30H36F3N3O3. The first kappa shape index (κ1) is 34.9. The molecule has 0 radical (unpaired) electrons. The number of nitrogens with one attached hydrogen (secondary N) is 2. The maximum Gasteiger partial charge on any atom is 0.416 e. The standard InChI is InChI=1S/C24H18F3N3O2.C2H6O.2C2H6/c1-2-23(32)18-11-15(13-28)7-9-20(18)30-22-12-17(24(25,26)27)8-10-21(22)29-19-6-4-3-5-16(19)14-31;1-3-2;2*1-2/h1,3-12,14,29-30H,13,28H2;1-2H3;2*1-2H3. The van der Waals surface area contributed by atoms with E-state index in [4.69, 9.17) is 12.2 Å². The Morgan fingerprint density at radius 3 is 2.03 bits per heavy atom. The Labute approximate surface area is 228 Å². The number of aldehydes is 1. The van der Waals surface area contributed by atoms with E-state index in [9.17, 15) is 22.8 Å². The zero-order valence-electron chi connectivity index (χ0n) is 23.1. The van der Waals surface area contributed by atoms with Gasteiger partial charge in [-0.2, -0.15) is 13.2 Å². The fraction of sp³-hybridized carbons (Fsp3) is 0.267. The molecular weight excluding hydrogens is 507 g/mol. The van der Waals surface area contributed by atoms with Crippen molar-refractivity contribution in [2.45, 2.75) is 40.4 Å². The van der Waals surface area contributed by atoms with Gasteiger partial charge in [-0.05, 0) is 53.9 Å². The lowest BCUT2D eigenvalue weighted by atomic mass is 10.0. The number of hydrogen-bond acceptors (Lipinski definition) is 6. The molecule has 0 aromatic heterocycles. The average Bonchev–Trinajstić information content (AvgIpc) is 2.96. The van der Waals surface area contributed by atoms with Crippen LogP contribution in [0.1, 0.15) is 59.5 Å². The topological polar surface area (TPSA) is 93.5 Å². The van der Waals surface area contributed by atoms with E-state index in [1.54, 1.807) is 44.6 Å².